The van der Waals surface area contributed by atoms with Gasteiger partial charge in [0.25, 0.3) is 0 Å². The molecule has 5 rings (SSSR count). The fourth-order valence-electron chi connectivity index (χ4n) is 4.73. The highest BCUT2D eigenvalue weighted by atomic mass is 16.7. The predicted molar refractivity (Wildman–Crippen MR) is 142 cm³/mol. The average molecular weight is 593 g/mol. The minimum absolute atomic E-state index is 0.00328. The van der Waals surface area contributed by atoms with Gasteiger partial charge >= 0.3 is 0 Å². The zero-order valence-corrected chi connectivity index (χ0v) is 22.6. The molecule has 0 saturated carbocycles. The molecule has 1 aromatic heterocycles. The van der Waals surface area contributed by atoms with Crippen molar-refractivity contribution in [2.45, 2.75) is 55.3 Å². The summed E-state index contributed by atoms with van der Waals surface area (Å²) in [6, 6.07) is 11.0. The number of aliphatic hydroxyl groups is 6. The van der Waals surface area contributed by atoms with Crippen molar-refractivity contribution in [3.05, 3.63) is 52.7 Å². The van der Waals surface area contributed by atoms with Crippen molar-refractivity contribution in [2.24, 2.45) is 0 Å². The average Bonchev–Trinajstić information content (AvgIpc) is 2.99. The van der Waals surface area contributed by atoms with E-state index in [0.29, 0.717) is 11.3 Å². The van der Waals surface area contributed by atoms with Crippen molar-refractivity contribution in [1.29, 1.82) is 0 Å². The lowest BCUT2D eigenvalue weighted by atomic mass is 9.99. The molecular weight excluding hydrogens is 560 g/mol. The van der Waals surface area contributed by atoms with Crippen LogP contribution in [0, 0.1) is 0 Å². The summed E-state index contributed by atoms with van der Waals surface area (Å²) in [6.45, 7) is -0.780. The summed E-state index contributed by atoms with van der Waals surface area (Å²) < 4.78 is 38.7. The van der Waals surface area contributed by atoms with Crippen LogP contribution in [-0.2, 0) is 14.2 Å². The Morgan fingerprint density at radius 2 is 1.50 bits per heavy atom. The molecule has 2 aliphatic heterocycles. The van der Waals surface area contributed by atoms with Gasteiger partial charge in [-0.15, -0.1) is 0 Å². The maximum Gasteiger partial charge on any atom is 0.229 e. The molecule has 3 aromatic rings. The maximum atomic E-state index is 13.3. The third kappa shape index (κ3) is 5.94. The van der Waals surface area contributed by atoms with E-state index in [-0.39, 0.29) is 34.8 Å². The Morgan fingerprint density at radius 3 is 2.19 bits per heavy atom. The SMILES string of the molecule is COc1ccc(-c2cc(=O)c3c(O[C@@H]4O[C@H](CO[C@@H]5OC[C@@H](O)[C@H](O)[C@H]5O)[C@@H](O)[C@H](O)[C@H]4O)cc(OC)cc3o2)cc1. The highest BCUT2D eigenvalue weighted by Gasteiger charge is 2.46. The maximum absolute atomic E-state index is 13.3. The van der Waals surface area contributed by atoms with Gasteiger partial charge in [-0.1, -0.05) is 0 Å². The number of hydrogen-bond acceptors (Lipinski definition) is 14. The summed E-state index contributed by atoms with van der Waals surface area (Å²) in [5.41, 5.74) is 0.243. The van der Waals surface area contributed by atoms with Crippen LogP contribution in [-0.4, -0.2) is 113 Å². The van der Waals surface area contributed by atoms with Crippen molar-refractivity contribution >= 4 is 11.0 Å². The fourth-order valence-corrected chi connectivity index (χ4v) is 4.73. The van der Waals surface area contributed by atoms with Crippen LogP contribution < -0.4 is 19.6 Å². The molecule has 14 heteroatoms. The van der Waals surface area contributed by atoms with Crippen LogP contribution in [0.15, 0.2) is 51.7 Å². The Labute approximate surface area is 238 Å². The molecule has 0 bridgehead atoms. The van der Waals surface area contributed by atoms with Crippen LogP contribution in [0.5, 0.6) is 17.2 Å². The monoisotopic (exact) mass is 592 g/mol. The van der Waals surface area contributed by atoms with Gasteiger partial charge in [0.15, 0.2) is 11.7 Å². The zero-order valence-electron chi connectivity index (χ0n) is 22.6. The van der Waals surface area contributed by atoms with E-state index >= 15 is 0 Å². The first kappa shape index (κ1) is 30.2. The molecule has 6 N–H and O–H groups in total. The van der Waals surface area contributed by atoms with Crippen LogP contribution in [0.2, 0.25) is 0 Å². The molecule has 228 valence electrons. The van der Waals surface area contributed by atoms with Gasteiger partial charge in [-0.2, -0.15) is 0 Å². The fraction of sp³-hybridized carbons (Fsp3) is 0.464. The Hall–Kier alpha value is -3.31. The van der Waals surface area contributed by atoms with Crippen molar-refractivity contribution in [3.8, 4) is 28.6 Å². The Kier molecular flexibility index (Phi) is 8.98. The second-order valence-electron chi connectivity index (χ2n) is 9.92. The molecule has 14 nitrogen and oxygen atoms in total. The van der Waals surface area contributed by atoms with E-state index in [9.17, 15) is 35.4 Å². The van der Waals surface area contributed by atoms with Crippen LogP contribution in [0.1, 0.15) is 0 Å². The lowest BCUT2D eigenvalue weighted by molar-refractivity contribution is -0.307. The summed E-state index contributed by atoms with van der Waals surface area (Å²) in [5.74, 6) is 1.06. The second-order valence-corrected chi connectivity index (χ2v) is 9.92. The molecule has 0 aliphatic carbocycles. The van der Waals surface area contributed by atoms with Crippen molar-refractivity contribution in [2.75, 3.05) is 27.4 Å². The molecule has 0 spiro atoms. The van der Waals surface area contributed by atoms with Crippen LogP contribution >= 0.6 is 0 Å². The first-order valence-electron chi connectivity index (χ1n) is 13.0. The summed E-state index contributed by atoms with van der Waals surface area (Å²) >= 11 is 0. The molecule has 9 atom stereocenters. The summed E-state index contributed by atoms with van der Waals surface area (Å²) in [7, 11) is 2.93. The predicted octanol–water partition coefficient (Wildman–Crippen LogP) is -0.881. The molecular formula is C28H32O14. The zero-order chi connectivity index (χ0) is 30.1. The molecule has 3 heterocycles. The third-order valence-electron chi connectivity index (χ3n) is 7.17. The number of hydrogen-bond donors (Lipinski definition) is 6. The van der Waals surface area contributed by atoms with E-state index in [1.54, 1.807) is 24.3 Å². The van der Waals surface area contributed by atoms with E-state index in [4.69, 9.17) is 32.8 Å². The Balaban J connectivity index is 1.40. The molecule has 0 radical (unpaired) electrons. The van der Waals surface area contributed by atoms with Crippen LogP contribution in [0.25, 0.3) is 22.3 Å². The number of benzene rings is 2. The largest absolute Gasteiger partial charge is 0.497 e. The normalized spacial score (nSPS) is 31.6. The molecule has 2 aliphatic rings. The third-order valence-corrected chi connectivity index (χ3v) is 7.17. The lowest BCUT2D eigenvalue weighted by Gasteiger charge is -2.41. The quantitative estimate of drug-likeness (QED) is 0.188. The van der Waals surface area contributed by atoms with Crippen molar-refractivity contribution in [1.82, 2.24) is 0 Å². The van der Waals surface area contributed by atoms with Gasteiger partial charge in [0, 0.05) is 23.8 Å². The standard InChI is InChI=1S/C28H32O14/c1-36-13-5-3-12(4-6-13)17-9-15(29)21-18(40-17)7-14(37-2)8-19(21)41-28-26(35)24(33)23(32)20(42-28)11-39-27-25(34)22(31)16(30)10-38-27/h3-9,16,20,22-28,30-35H,10-11H2,1-2H3/t16-,20-,22+,23-,24+,25-,26-,27+,28-/m1/s1. The number of aliphatic hydroxyl groups excluding tert-OH is 6. The van der Waals surface area contributed by atoms with Gasteiger partial charge in [-0.3, -0.25) is 4.79 Å². The first-order valence-corrected chi connectivity index (χ1v) is 13.0. The summed E-state index contributed by atoms with van der Waals surface area (Å²) in [5, 5.41) is 61.2. The molecule has 2 saturated heterocycles. The topological polar surface area (TPSA) is 207 Å². The first-order chi connectivity index (χ1) is 20.1. The summed E-state index contributed by atoms with van der Waals surface area (Å²) in [4.78, 5) is 13.3. The van der Waals surface area contributed by atoms with E-state index in [2.05, 4.69) is 0 Å². The molecule has 2 fully saturated rings. The van der Waals surface area contributed by atoms with Crippen LogP contribution in [0.4, 0.5) is 0 Å². The molecule has 42 heavy (non-hydrogen) atoms. The lowest BCUT2D eigenvalue weighted by Crippen LogP contribution is -2.61. The number of fused-ring (bicyclic) bond motifs is 1. The van der Waals surface area contributed by atoms with Gasteiger partial charge in [0.2, 0.25) is 6.29 Å². The second kappa shape index (κ2) is 12.5. The molecule has 2 aromatic carbocycles. The minimum Gasteiger partial charge on any atom is -0.497 e. The van der Waals surface area contributed by atoms with E-state index < -0.39 is 67.3 Å². The van der Waals surface area contributed by atoms with Crippen molar-refractivity contribution < 1.29 is 63.5 Å². The highest BCUT2D eigenvalue weighted by molar-refractivity contribution is 5.86. The van der Waals surface area contributed by atoms with Crippen molar-refractivity contribution in [3.63, 3.8) is 0 Å². The highest BCUT2D eigenvalue weighted by Crippen LogP contribution is 2.34. The van der Waals surface area contributed by atoms with E-state index in [1.807, 2.05) is 0 Å². The number of ether oxygens (including phenoxy) is 6. The number of rotatable bonds is 8. The molecule has 0 amide bonds. The Morgan fingerprint density at radius 1 is 0.810 bits per heavy atom. The van der Waals surface area contributed by atoms with E-state index in [0.717, 1.165) is 0 Å². The van der Waals surface area contributed by atoms with Gasteiger partial charge in [0.05, 0.1) is 27.4 Å². The number of methoxy groups -OCH3 is 2. The minimum atomic E-state index is -1.75. The van der Waals surface area contributed by atoms with Gasteiger partial charge < -0.3 is 63.5 Å². The summed E-state index contributed by atoms with van der Waals surface area (Å²) in [6.07, 6.45) is -13.8. The van der Waals surface area contributed by atoms with Gasteiger partial charge in [-0.05, 0) is 24.3 Å². The Bertz CT molecular complexity index is 1420. The molecule has 0 unspecified atom stereocenters. The van der Waals surface area contributed by atoms with E-state index in [1.165, 1.54) is 32.4 Å². The van der Waals surface area contributed by atoms with Crippen LogP contribution in [0.3, 0.4) is 0 Å². The smallest absolute Gasteiger partial charge is 0.229 e. The van der Waals surface area contributed by atoms with Gasteiger partial charge in [0.1, 0.15) is 76.7 Å². The van der Waals surface area contributed by atoms with Gasteiger partial charge in [-0.25, -0.2) is 0 Å².